The van der Waals surface area contributed by atoms with Gasteiger partial charge in [0.2, 0.25) is 0 Å². The fraction of sp³-hybridized carbons (Fsp3) is 0. The van der Waals surface area contributed by atoms with E-state index in [0.717, 1.165) is 11.4 Å². The Labute approximate surface area is 155 Å². The normalized spacial score (nSPS) is 10.4. The summed E-state index contributed by atoms with van der Waals surface area (Å²) < 4.78 is 1.46. The van der Waals surface area contributed by atoms with Crippen LogP contribution in [0.5, 0.6) is 0 Å². The van der Waals surface area contributed by atoms with Gasteiger partial charge in [-0.2, -0.15) is 4.68 Å². The first-order chi connectivity index (χ1) is 13.3. The van der Waals surface area contributed by atoms with Crippen LogP contribution < -0.4 is 10.6 Å². The van der Waals surface area contributed by atoms with Gasteiger partial charge in [0.1, 0.15) is 6.33 Å². The predicted molar refractivity (Wildman–Crippen MR) is 103 cm³/mol. The minimum absolute atomic E-state index is 0.232. The molecule has 0 saturated heterocycles. The van der Waals surface area contributed by atoms with E-state index < -0.39 is 0 Å². The van der Waals surface area contributed by atoms with Gasteiger partial charge >= 0.3 is 0 Å². The van der Waals surface area contributed by atoms with Crippen molar-refractivity contribution in [1.82, 2.24) is 20.2 Å². The number of para-hydroxylation sites is 2. The molecule has 1 heterocycles. The Morgan fingerprint density at radius 2 is 1.44 bits per heavy atom. The number of nitrogens with zero attached hydrogens (tertiary/aromatic N) is 4. The van der Waals surface area contributed by atoms with E-state index in [9.17, 15) is 4.79 Å². The van der Waals surface area contributed by atoms with Gasteiger partial charge in [0.25, 0.3) is 5.91 Å². The van der Waals surface area contributed by atoms with E-state index in [4.69, 9.17) is 0 Å². The molecule has 1 aromatic heterocycles. The number of hydrogen-bond donors (Lipinski definition) is 2. The smallest absolute Gasteiger partial charge is 0.257 e. The van der Waals surface area contributed by atoms with Crippen molar-refractivity contribution in [3.05, 3.63) is 90.8 Å². The van der Waals surface area contributed by atoms with Gasteiger partial charge in [0.15, 0.2) is 0 Å². The molecule has 0 spiro atoms. The summed E-state index contributed by atoms with van der Waals surface area (Å²) in [5.74, 6) is -0.232. The van der Waals surface area contributed by atoms with E-state index in [1.54, 1.807) is 18.2 Å². The SMILES string of the molecule is O=C(Nc1ccc(Nc2ccccc2)cc1)c1ccccc1-n1cnnn1. The molecule has 0 aliphatic carbocycles. The van der Waals surface area contributed by atoms with Crippen LogP contribution >= 0.6 is 0 Å². The second-order valence-electron chi connectivity index (χ2n) is 5.79. The minimum Gasteiger partial charge on any atom is -0.356 e. The minimum atomic E-state index is -0.232. The van der Waals surface area contributed by atoms with E-state index in [2.05, 4.69) is 26.2 Å². The summed E-state index contributed by atoms with van der Waals surface area (Å²) in [4.78, 5) is 12.7. The van der Waals surface area contributed by atoms with Gasteiger partial charge in [-0.05, 0) is 59.0 Å². The molecule has 0 saturated carbocycles. The molecule has 1 amide bonds. The Morgan fingerprint density at radius 1 is 0.778 bits per heavy atom. The fourth-order valence-electron chi connectivity index (χ4n) is 2.66. The van der Waals surface area contributed by atoms with Crippen LogP contribution in [0.1, 0.15) is 10.4 Å². The van der Waals surface area contributed by atoms with Crippen LogP contribution in [0.2, 0.25) is 0 Å². The summed E-state index contributed by atoms with van der Waals surface area (Å²) >= 11 is 0. The summed E-state index contributed by atoms with van der Waals surface area (Å²) in [6, 6.07) is 24.6. The Balaban J connectivity index is 1.49. The van der Waals surface area contributed by atoms with E-state index >= 15 is 0 Å². The Morgan fingerprint density at radius 3 is 2.19 bits per heavy atom. The summed E-state index contributed by atoms with van der Waals surface area (Å²) in [5.41, 5.74) is 3.74. The molecule has 0 radical (unpaired) electrons. The number of amides is 1. The van der Waals surface area contributed by atoms with Crippen molar-refractivity contribution in [3.63, 3.8) is 0 Å². The molecule has 0 aliphatic rings. The van der Waals surface area contributed by atoms with Crippen LogP contribution in [0.3, 0.4) is 0 Å². The van der Waals surface area contributed by atoms with Crippen molar-refractivity contribution in [2.24, 2.45) is 0 Å². The van der Waals surface area contributed by atoms with Crippen molar-refractivity contribution in [2.45, 2.75) is 0 Å². The summed E-state index contributed by atoms with van der Waals surface area (Å²) in [7, 11) is 0. The lowest BCUT2D eigenvalue weighted by Crippen LogP contribution is -2.15. The van der Waals surface area contributed by atoms with Crippen molar-refractivity contribution < 1.29 is 4.79 Å². The highest BCUT2D eigenvalue weighted by Gasteiger charge is 2.13. The van der Waals surface area contributed by atoms with Crippen molar-refractivity contribution in [1.29, 1.82) is 0 Å². The number of aromatic nitrogens is 4. The van der Waals surface area contributed by atoms with E-state index in [0.29, 0.717) is 16.9 Å². The van der Waals surface area contributed by atoms with Crippen molar-refractivity contribution >= 4 is 23.0 Å². The van der Waals surface area contributed by atoms with E-state index in [1.807, 2.05) is 60.7 Å². The lowest BCUT2D eigenvalue weighted by atomic mass is 10.1. The lowest BCUT2D eigenvalue weighted by Gasteiger charge is -2.11. The second kappa shape index (κ2) is 7.49. The second-order valence-corrected chi connectivity index (χ2v) is 5.79. The molecule has 27 heavy (non-hydrogen) atoms. The van der Waals surface area contributed by atoms with Gasteiger partial charge in [0, 0.05) is 17.1 Å². The molecule has 0 aliphatic heterocycles. The van der Waals surface area contributed by atoms with Crippen LogP contribution in [-0.4, -0.2) is 26.1 Å². The van der Waals surface area contributed by atoms with Crippen LogP contribution in [0.25, 0.3) is 5.69 Å². The average molecular weight is 356 g/mol. The number of carbonyl (C=O) groups excluding carboxylic acids is 1. The highest BCUT2D eigenvalue weighted by molar-refractivity contribution is 6.06. The quantitative estimate of drug-likeness (QED) is 0.570. The van der Waals surface area contributed by atoms with Crippen LogP contribution in [0, 0.1) is 0 Å². The van der Waals surface area contributed by atoms with E-state index in [1.165, 1.54) is 11.0 Å². The highest BCUT2D eigenvalue weighted by Crippen LogP contribution is 2.20. The zero-order valence-corrected chi connectivity index (χ0v) is 14.3. The largest absolute Gasteiger partial charge is 0.356 e. The summed E-state index contributed by atoms with van der Waals surface area (Å²) in [6.45, 7) is 0. The number of benzene rings is 3. The Kier molecular flexibility index (Phi) is 4.57. The number of rotatable bonds is 5. The van der Waals surface area contributed by atoms with Gasteiger partial charge in [0.05, 0.1) is 11.3 Å². The number of anilines is 3. The number of tetrazole rings is 1. The monoisotopic (exact) mass is 356 g/mol. The number of hydrogen-bond acceptors (Lipinski definition) is 5. The molecular formula is C20H16N6O. The maximum absolute atomic E-state index is 12.7. The Bertz CT molecular complexity index is 1030. The molecule has 4 aromatic rings. The van der Waals surface area contributed by atoms with E-state index in [-0.39, 0.29) is 5.91 Å². The molecule has 0 fully saturated rings. The van der Waals surface area contributed by atoms with Crippen LogP contribution in [0.4, 0.5) is 17.1 Å². The topological polar surface area (TPSA) is 84.7 Å². The maximum atomic E-state index is 12.7. The molecule has 7 heteroatoms. The van der Waals surface area contributed by atoms with Gasteiger partial charge < -0.3 is 10.6 Å². The third-order valence-corrected chi connectivity index (χ3v) is 3.95. The van der Waals surface area contributed by atoms with Crippen molar-refractivity contribution in [3.8, 4) is 5.69 Å². The molecule has 7 nitrogen and oxygen atoms in total. The molecule has 0 atom stereocenters. The fourth-order valence-corrected chi connectivity index (χ4v) is 2.66. The molecule has 4 rings (SSSR count). The third-order valence-electron chi connectivity index (χ3n) is 3.95. The standard InChI is InChI=1S/C20H16N6O/c27-20(18-8-4-5-9-19(18)26-14-21-24-25-26)23-17-12-10-16(11-13-17)22-15-6-2-1-3-7-15/h1-14,22H,(H,23,27). The van der Waals surface area contributed by atoms with Crippen LogP contribution in [0.15, 0.2) is 85.2 Å². The first-order valence-corrected chi connectivity index (χ1v) is 8.35. The zero-order valence-electron chi connectivity index (χ0n) is 14.3. The molecule has 132 valence electrons. The molecule has 0 unspecified atom stereocenters. The molecule has 2 N–H and O–H groups in total. The van der Waals surface area contributed by atoms with Gasteiger partial charge in [-0.3, -0.25) is 4.79 Å². The van der Waals surface area contributed by atoms with Gasteiger partial charge in [-0.25, -0.2) is 0 Å². The van der Waals surface area contributed by atoms with Crippen LogP contribution in [-0.2, 0) is 0 Å². The van der Waals surface area contributed by atoms with Gasteiger partial charge in [-0.15, -0.1) is 5.10 Å². The lowest BCUT2D eigenvalue weighted by molar-refractivity contribution is 0.102. The summed E-state index contributed by atoms with van der Waals surface area (Å²) in [6.07, 6.45) is 1.45. The maximum Gasteiger partial charge on any atom is 0.257 e. The van der Waals surface area contributed by atoms with Gasteiger partial charge in [-0.1, -0.05) is 30.3 Å². The zero-order chi connectivity index (χ0) is 18.5. The average Bonchev–Trinajstić information content (AvgIpc) is 3.25. The molecular weight excluding hydrogens is 340 g/mol. The summed E-state index contributed by atoms with van der Waals surface area (Å²) in [5, 5.41) is 17.3. The molecule has 3 aromatic carbocycles. The first-order valence-electron chi connectivity index (χ1n) is 8.35. The van der Waals surface area contributed by atoms with Crippen molar-refractivity contribution in [2.75, 3.05) is 10.6 Å². The highest BCUT2D eigenvalue weighted by atomic mass is 16.1. The Hall–Kier alpha value is -4.00. The predicted octanol–water partition coefficient (Wildman–Crippen LogP) is 3.66. The molecule has 0 bridgehead atoms. The number of carbonyl (C=O) groups is 1. The first kappa shape index (κ1) is 16.5. The third kappa shape index (κ3) is 3.82. The number of nitrogens with one attached hydrogen (secondary N) is 2.